The number of carbonyl (C=O) groups excluding carboxylic acids is 1. The van der Waals surface area contributed by atoms with Gasteiger partial charge in [0.15, 0.2) is 6.10 Å². The average Bonchev–Trinajstić information content (AvgIpc) is 2.14. The van der Waals surface area contributed by atoms with E-state index in [2.05, 4.69) is 5.32 Å². The molecule has 0 bridgehead atoms. The second kappa shape index (κ2) is 7.28. The molecule has 1 unspecified atom stereocenters. The lowest BCUT2D eigenvalue weighted by atomic mass is 10.2. The van der Waals surface area contributed by atoms with Crippen molar-refractivity contribution in [2.24, 2.45) is 5.73 Å². The van der Waals surface area contributed by atoms with Gasteiger partial charge in [-0.25, -0.2) is 4.79 Å². The summed E-state index contributed by atoms with van der Waals surface area (Å²) in [5.41, 5.74) is 5.20. The highest BCUT2D eigenvalue weighted by atomic mass is 16.4. The molecule has 6 nitrogen and oxygen atoms in total. The molecule has 0 rings (SSSR count). The van der Waals surface area contributed by atoms with Crippen LogP contribution in [0, 0.1) is 0 Å². The molecule has 0 saturated carbocycles. The van der Waals surface area contributed by atoms with Gasteiger partial charge in [0, 0.05) is 19.4 Å². The molecule has 0 fully saturated rings. The number of aliphatic hydroxyl groups is 1. The zero-order valence-corrected chi connectivity index (χ0v) is 7.90. The first kappa shape index (κ1) is 12.9. The van der Waals surface area contributed by atoms with Gasteiger partial charge in [-0.3, -0.25) is 4.79 Å². The van der Waals surface area contributed by atoms with Crippen LogP contribution in [0.3, 0.4) is 0 Å². The van der Waals surface area contributed by atoms with Gasteiger partial charge in [0.2, 0.25) is 5.91 Å². The highest BCUT2D eigenvalue weighted by Gasteiger charge is 2.12. The number of rotatable bonds is 7. The van der Waals surface area contributed by atoms with E-state index in [4.69, 9.17) is 15.9 Å². The lowest BCUT2D eigenvalue weighted by Crippen LogP contribution is -2.30. The quantitative estimate of drug-likeness (QED) is 0.410. The zero-order chi connectivity index (χ0) is 11.0. The van der Waals surface area contributed by atoms with Gasteiger partial charge in [-0.1, -0.05) is 0 Å². The molecule has 1 amide bonds. The molecule has 0 heterocycles. The molecule has 1 atom stereocenters. The Bertz CT molecular complexity index is 196. The molecular weight excluding hydrogens is 188 g/mol. The Morgan fingerprint density at radius 2 is 2.07 bits per heavy atom. The molecule has 0 radical (unpaired) electrons. The topological polar surface area (TPSA) is 113 Å². The van der Waals surface area contributed by atoms with Crippen LogP contribution in [0.1, 0.15) is 19.3 Å². The highest BCUT2D eigenvalue weighted by Crippen LogP contribution is 1.91. The predicted octanol–water partition coefficient (Wildman–Crippen LogP) is -1.32. The van der Waals surface area contributed by atoms with E-state index in [1.807, 2.05) is 0 Å². The number of nitrogens with one attached hydrogen (secondary N) is 1. The zero-order valence-electron chi connectivity index (χ0n) is 7.90. The van der Waals surface area contributed by atoms with E-state index in [0.29, 0.717) is 19.4 Å². The van der Waals surface area contributed by atoms with Gasteiger partial charge in [0.05, 0.1) is 0 Å². The van der Waals surface area contributed by atoms with E-state index in [-0.39, 0.29) is 18.9 Å². The second-order valence-electron chi connectivity index (χ2n) is 2.88. The fraction of sp³-hybridized carbons (Fsp3) is 0.750. The fourth-order valence-electron chi connectivity index (χ4n) is 0.823. The molecule has 0 aliphatic rings. The van der Waals surface area contributed by atoms with Crippen LogP contribution in [0.5, 0.6) is 0 Å². The molecular formula is C8H16N2O4. The first-order valence-electron chi connectivity index (χ1n) is 4.45. The monoisotopic (exact) mass is 204 g/mol. The van der Waals surface area contributed by atoms with Crippen LogP contribution in [0.15, 0.2) is 0 Å². The third-order valence-corrected chi connectivity index (χ3v) is 1.63. The number of hydrogen-bond acceptors (Lipinski definition) is 4. The molecule has 0 saturated heterocycles. The lowest BCUT2D eigenvalue weighted by Gasteiger charge is -2.06. The largest absolute Gasteiger partial charge is 0.479 e. The maximum absolute atomic E-state index is 11.0. The number of amides is 1. The Labute approximate surface area is 82.1 Å². The number of nitrogens with two attached hydrogens (primary N) is 1. The summed E-state index contributed by atoms with van der Waals surface area (Å²) in [7, 11) is 0. The Morgan fingerprint density at radius 3 is 2.57 bits per heavy atom. The van der Waals surface area contributed by atoms with Crippen molar-refractivity contribution in [2.45, 2.75) is 25.4 Å². The first-order valence-corrected chi connectivity index (χ1v) is 4.45. The van der Waals surface area contributed by atoms with Gasteiger partial charge in [-0.2, -0.15) is 0 Å². The second-order valence-corrected chi connectivity index (χ2v) is 2.88. The van der Waals surface area contributed by atoms with Crippen LogP contribution >= 0.6 is 0 Å². The molecule has 0 aliphatic carbocycles. The summed E-state index contributed by atoms with van der Waals surface area (Å²) in [5, 5.41) is 19.6. The summed E-state index contributed by atoms with van der Waals surface area (Å²) in [4.78, 5) is 21.1. The Kier molecular flexibility index (Phi) is 6.69. The number of carboxylic acids is 1. The van der Waals surface area contributed by atoms with Crippen molar-refractivity contribution in [1.82, 2.24) is 5.32 Å². The van der Waals surface area contributed by atoms with Crippen molar-refractivity contribution in [3.63, 3.8) is 0 Å². The first-order chi connectivity index (χ1) is 6.57. The van der Waals surface area contributed by atoms with Crippen LogP contribution in [0.4, 0.5) is 0 Å². The molecule has 0 aromatic carbocycles. The Balaban J connectivity index is 3.44. The SMILES string of the molecule is NCCCC(=O)NCCC(O)C(=O)O. The van der Waals surface area contributed by atoms with Crippen LogP contribution < -0.4 is 11.1 Å². The molecule has 0 spiro atoms. The third kappa shape index (κ3) is 6.38. The van der Waals surface area contributed by atoms with Crippen molar-refractivity contribution in [1.29, 1.82) is 0 Å². The Morgan fingerprint density at radius 1 is 1.43 bits per heavy atom. The summed E-state index contributed by atoms with van der Waals surface area (Å²) in [6.07, 6.45) is -0.457. The molecule has 82 valence electrons. The van der Waals surface area contributed by atoms with Crippen LogP contribution in [0.2, 0.25) is 0 Å². The summed E-state index contributed by atoms with van der Waals surface area (Å²) < 4.78 is 0. The van der Waals surface area contributed by atoms with Crippen molar-refractivity contribution in [3.8, 4) is 0 Å². The summed E-state index contributed by atoms with van der Waals surface area (Å²) in [5.74, 6) is -1.45. The number of aliphatic hydroxyl groups excluding tert-OH is 1. The van der Waals surface area contributed by atoms with Gasteiger partial charge < -0.3 is 21.3 Å². The van der Waals surface area contributed by atoms with E-state index in [0.717, 1.165) is 0 Å². The maximum atomic E-state index is 11.0. The number of carboxylic acid groups (broad SMARTS) is 1. The fourth-order valence-corrected chi connectivity index (χ4v) is 0.823. The average molecular weight is 204 g/mol. The van der Waals surface area contributed by atoms with E-state index in [1.165, 1.54) is 0 Å². The molecule has 14 heavy (non-hydrogen) atoms. The number of aliphatic carboxylic acids is 1. The Hall–Kier alpha value is -1.14. The predicted molar refractivity (Wildman–Crippen MR) is 49.6 cm³/mol. The van der Waals surface area contributed by atoms with Crippen LogP contribution in [-0.4, -0.2) is 41.3 Å². The van der Waals surface area contributed by atoms with Gasteiger partial charge in [0.1, 0.15) is 0 Å². The van der Waals surface area contributed by atoms with Gasteiger partial charge in [0.25, 0.3) is 0 Å². The molecule has 0 aromatic rings. The van der Waals surface area contributed by atoms with Crippen molar-refractivity contribution < 1.29 is 19.8 Å². The van der Waals surface area contributed by atoms with E-state index in [9.17, 15) is 9.59 Å². The molecule has 0 aliphatic heterocycles. The highest BCUT2D eigenvalue weighted by molar-refractivity contribution is 5.76. The number of hydrogen-bond donors (Lipinski definition) is 4. The molecule has 6 heteroatoms. The smallest absolute Gasteiger partial charge is 0.332 e. The van der Waals surface area contributed by atoms with Crippen molar-refractivity contribution in [3.05, 3.63) is 0 Å². The standard InChI is InChI=1S/C8H16N2O4/c9-4-1-2-7(12)10-5-3-6(11)8(13)14/h6,11H,1-5,9H2,(H,10,12)(H,13,14). The van der Waals surface area contributed by atoms with E-state index >= 15 is 0 Å². The third-order valence-electron chi connectivity index (χ3n) is 1.63. The van der Waals surface area contributed by atoms with Crippen LogP contribution in [0.25, 0.3) is 0 Å². The number of carbonyl (C=O) groups is 2. The van der Waals surface area contributed by atoms with Gasteiger partial charge >= 0.3 is 5.97 Å². The normalized spacial score (nSPS) is 12.1. The van der Waals surface area contributed by atoms with E-state index in [1.54, 1.807) is 0 Å². The van der Waals surface area contributed by atoms with Crippen LogP contribution in [-0.2, 0) is 9.59 Å². The summed E-state index contributed by atoms with van der Waals surface area (Å²) >= 11 is 0. The minimum atomic E-state index is -1.41. The van der Waals surface area contributed by atoms with Crippen molar-refractivity contribution >= 4 is 11.9 Å². The van der Waals surface area contributed by atoms with Crippen molar-refractivity contribution in [2.75, 3.05) is 13.1 Å². The summed E-state index contributed by atoms with van der Waals surface area (Å²) in [6.45, 7) is 0.613. The molecule has 0 aromatic heterocycles. The summed E-state index contributed by atoms with van der Waals surface area (Å²) in [6, 6.07) is 0. The van der Waals surface area contributed by atoms with Gasteiger partial charge in [-0.15, -0.1) is 0 Å². The minimum absolute atomic E-state index is 0.0176. The minimum Gasteiger partial charge on any atom is -0.479 e. The molecule has 5 N–H and O–H groups in total. The maximum Gasteiger partial charge on any atom is 0.332 e. The van der Waals surface area contributed by atoms with Gasteiger partial charge in [-0.05, 0) is 13.0 Å². The lowest BCUT2D eigenvalue weighted by molar-refractivity contribution is -0.147. The van der Waals surface area contributed by atoms with E-state index < -0.39 is 12.1 Å².